The van der Waals surface area contributed by atoms with Gasteiger partial charge in [-0.2, -0.15) is 0 Å². The van der Waals surface area contributed by atoms with Gasteiger partial charge in [0.1, 0.15) is 5.75 Å². The van der Waals surface area contributed by atoms with Gasteiger partial charge in [-0.05, 0) is 24.7 Å². The molecule has 0 spiro atoms. The monoisotopic (exact) mass is 251 g/mol. The fourth-order valence-electron chi connectivity index (χ4n) is 1.78. The van der Waals surface area contributed by atoms with Crippen LogP contribution in [0, 0.1) is 0 Å². The first kappa shape index (κ1) is 14.5. The Bertz CT molecular complexity index is 407. The molecule has 1 aromatic rings. The Labute approximate surface area is 108 Å². The van der Waals surface area contributed by atoms with Crippen molar-refractivity contribution in [1.29, 1.82) is 0 Å². The van der Waals surface area contributed by atoms with Crippen molar-refractivity contribution in [2.24, 2.45) is 5.73 Å². The summed E-state index contributed by atoms with van der Waals surface area (Å²) >= 11 is 0. The third-order valence-corrected chi connectivity index (χ3v) is 2.71. The Balaban J connectivity index is 2.70. The molecule has 3 N–H and O–H groups in total. The average molecular weight is 251 g/mol. The molecule has 0 atom stereocenters. The van der Waals surface area contributed by atoms with Gasteiger partial charge in [0.15, 0.2) is 0 Å². The summed E-state index contributed by atoms with van der Waals surface area (Å²) < 4.78 is 5.22. The number of benzene rings is 1. The summed E-state index contributed by atoms with van der Waals surface area (Å²) in [7, 11) is 5.17. The van der Waals surface area contributed by atoms with Crippen LogP contribution in [0.5, 0.6) is 5.75 Å². The van der Waals surface area contributed by atoms with Gasteiger partial charge < -0.3 is 15.8 Å². The number of methoxy groups -OCH3 is 1. The van der Waals surface area contributed by atoms with Gasteiger partial charge >= 0.3 is 0 Å². The lowest BCUT2D eigenvalue weighted by molar-refractivity contribution is -0.121. The van der Waals surface area contributed by atoms with Crippen molar-refractivity contribution in [3.63, 3.8) is 0 Å². The van der Waals surface area contributed by atoms with Crippen molar-refractivity contribution < 1.29 is 9.53 Å². The minimum atomic E-state index is 0.00469. The van der Waals surface area contributed by atoms with E-state index in [0.717, 1.165) is 16.9 Å². The second-order valence-electron chi connectivity index (χ2n) is 4.20. The molecule has 18 heavy (non-hydrogen) atoms. The normalized spacial score (nSPS) is 10.5. The Morgan fingerprint density at radius 2 is 2.22 bits per heavy atom. The summed E-state index contributed by atoms with van der Waals surface area (Å²) in [5.41, 5.74) is 7.76. The molecule has 1 aromatic carbocycles. The van der Waals surface area contributed by atoms with Gasteiger partial charge in [0, 0.05) is 25.7 Å². The zero-order valence-electron chi connectivity index (χ0n) is 11.2. The highest BCUT2D eigenvalue weighted by Crippen LogP contribution is 2.19. The highest BCUT2D eigenvalue weighted by atomic mass is 16.5. The topological polar surface area (TPSA) is 67.6 Å². The fourth-order valence-corrected chi connectivity index (χ4v) is 1.78. The molecule has 0 aliphatic heterocycles. The third kappa shape index (κ3) is 4.01. The van der Waals surface area contributed by atoms with E-state index in [2.05, 4.69) is 5.32 Å². The molecule has 1 rings (SSSR count). The summed E-state index contributed by atoms with van der Waals surface area (Å²) in [6.45, 7) is 1.51. The summed E-state index contributed by atoms with van der Waals surface area (Å²) in [4.78, 5) is 13.2. The van der Waals surface area contributed by atoms with E-state index in [1.807, 2.05) is 30.1 Å². The highest BCUT2D eigenvalue weighted by molar-refractivity contribution is 5.77. The molecule has 0 aliphatic rings. The summed E-state index contributed by atoms with van der Waals surface area (Å²) in [5, 5.41) is 2.60. The molecule has 5 heteroatoms. The van der Waals surface area contributed by atoms with E-state index >= 15 is 0 Å². The van der Waals surface area contributed by atoms with E-state index in [4.69, 9.17) is 10.5 Å². The number of hydrogen-bond acceptors (Lipinski definition) is 4. The van der Waals surface area contributed by atoms with Gasteiger partial charge in [-0.3, -0.25) is 9.69 Å². The van der Waals surface area contributed by atoms with Crippen LogP contribution in [0.1, 0.15) is 11.1 Å². The van der Waals surface area contributed by atoms with Crippen molar-refractivity contribution in [1.82, 2.24) is 10.2 Å². The molecular formula is C13H21N3O2. The highest BCUT2D eigenvalue weighted by Gasteiger charge is 2.07. The molecule has 0 saturated carbocycles. The van der Waals surface area contributed by atoms with Gasteiger partial charge in [0.05, 0.1) is 13.7 Å². The van der Waals surface area contributed by atoms with Crippen molar-refractivity contribution in [3.8, 4) is 5.75 Å². The molecule has 0 radical (unpaired) electrons. The number of carbonyl (C=O) groups excluding carboxylic acids is 1. The Morgan fingerprint density at radius 1 is 1.50 bits per heavy atom. The summed E-state index contributed by atoms with van der Waals surface area (Å²) in [6.07, 6.45) is 0. The molecule has 0 aromatic heterocycles. The van der Waals surface area contributed by atoms with Crippen LogP contribution in [0.3, 0.4) is 0 Å². The molecule has 5 nitrogen and oxygen atoms in total. The predicted octanol–water partition coefficient (Wildman–Crippen LogP) is 0.332. The second-order valence-corrected chi connectivity index (χ2v) is 4.20. The molecule has 0 aliphatic carbocycles. The van der Waals surface area contributed by atoms with E-state index in [0.29, 0.717) is 19.6 Å². The Morgan fingerprint density at radius 3 is 2.78 bits per heavy atom. The van der Waals surface area contributed by atoms with Crippen molar-refractivity contribution in [2.75, 3.05) is 27.7 Å². The van der Waals surface area contributed by atoms with Crippen LogP contribution in [0.4, 0.5) is 0 Å². The van der Waals surface area contributed by atoms with Gasteiger partial charge in [0.25, 0.3) is 0 Å². The van der Waals surface area contributed by atoms with E-state index in [9.17, 15) is 4.79 Å². The van der Waals surface area contributed by atoms with E-state index in [1.165, 1.54) is 0 Å². The molecule has 0 heterocycles. The number of nitrogens with one attached hydrogen (secondary N) is 1. The largest absolute Gasteiger partial charge is 0.496 e. The summed E-state index contributed by atoms with van der Waals surface area (Å²) in [5.74, 6) is 0.806. The number of amides is 1. The van der Waals surface area contributed by atoms with Crippen LogP contribution in [-0.4, -0.2) is 38.6 Å². The van der Waals surface area contributed by atoms with Crippen LogP contribution >= 0.6 is 0 Å². The van der Waals surface area contributed by atoms with Crippen LogP contribution < -0.4 is 15.8 Å². The number of nitrogens with two attached hydrogens (primary N) is 1. The van der Waals surface area contributed by atoms with E-state index in [-0.39, 0.29) is 5.91 Å². The Hall–Kier alpha value is -1.59. The molecule has 0 bridgehead atoms. The fraction of sp³-hybridized carbons (Fsp3) is 0.462. The van der Waals surface area contributed by atoms with Crippen LogP contribution in [0.25, 0.3) is 0 Å². The first-order valence-electron chi connectivity index (χ1n) is 5.85. The SMILES string of the molecule is CNC(=O)CN(C)Cc1ccc(OC)c(CN)c1. The first-order chi connectivity index (χ1) is 8.60. The smallest absolute Gasteiger partial charge is 0.233 e. The predicted molar refractivity (Wildman–Crippen MR) is 71.3 cm³/mol. The van der Waals surface area contributed by atoms with Crippen molar-refractivity contribution in [3.05, 3.63) is 29.3 Å². The maximum absolute atomic E-state index is 11.2. The molecule has 0 fully saturated rings. The number of hydrogen-bond donors (Lipinski definition) is 2. The quantitative estimate of drug-likeness (QED) is 0.764. The van der Waals surface area contributed by atoms with Gasteiger partial charge in [-0.1, -0.05) is 6.07 Å². The molecule has 1 amide bonds. The lowest BCUT2D eigenvalue weighted by atomic mass is 10.1. The Kier molecular flexibility index (Phi) is 5.61. The molecule has 100 valence electrons. The van der Waals surface area contributed by atoms with Gasteiger partial charge in [-0.25, -0.2) is 0 Å². The molecular weight excluding hydrogens is 230 g/mol. The van der Waals surface area contributed by atoms with Gasteiger partial charge in [-0.15, -0.1) is 0 Å². The standard InChI is InChI=1S/C13H21N3O2/c1-15-13(17)9-16(2)8-10-4-5-12(18-3)11(6-10)7-14/h4-6H,7-9,14H2,1-3H3,(H,15,17). The second kappa shape index (κ2) is 6.98. The first-order valence-corrected chi connectivity index (χ1v) is 5.85. The zero-order valence-corrected chi connectivity index (χ0v) is 11.2. The molecule has 0 unspecified atom stereocenters. The minimum Gasteiger partial charge on any atom is -0.496 e. The number of likely N-dealkylation sites (N-methyl/N-ethyl adjacent to an activating group) is 2. The third-order valence-electron chi connectivity index (χ3n) is 2.71. The van der Waals surface area contributed by atoms with E-state index < -0.39 is 0 Å². The molecule has 0 saturated heterocycles. The maximum atomic E-state index is 11.2. The maximum Gasteiger partial charge on any atom is 0.233 e. The lowest BCUT2D eigenvalue weighted by Crippen LogP contribution is -2.32. The van der Waals surface area contributed by atoms with Crippen LogP contribution in [0.2, 0.25) is 0 Å². The van der Waals surface area contributed by atoms with Crippen LogP contribution in [-0.2, 0) is 17.9 Å². The number of carbonyl (C=O) groups is 1. The number of rotatable bonds is 6. The number of nitrogens with zero attached hydrogens (tertiary/aromatic N) is 1. The number of ether oxygens (including phenoxy) is 1. The minimum absolute atomic E-state index is 0.00469. The van der Waals surface area contributed by atoms with Gasteiger partial charge in [0.2, 0.25) is 5.91 Å². The summed E-state index contributed by atoms with van der Waals surface area (Å²) in [6, 6.07) is 5.91. The van der Waals surface area contributed by atoms with E-state index in [1.54, 1.807) is 14.2 Å². The lowest BCUT2D eigenvalue weighted by Gasteiger charge is -2.16. The zero-order chi connectivity index (χ0) is 13.5. The van der Waals surface area contributed by atoms with Crippen molar-refractivity contribution >= 4 is 5.91 Å². The van der Waals surface area contributed by atoms with Crippen LogP contribution in [0.15, 0.2) is 18.2 Å². The van der Waals surface area contributed by atoms with Crippen molar-refractivity contribution in [2.45, 2.75) is 13.1 Å². The average Bonchev–Trinajstić information content (AvgIpc) is 2.38.